The zero-order valence-electron chi connectivity index (χ0n) is 15.6. The lowest BCUT2D eigenvalue weighted by atomic mass is 9.77. The summed E-state index contributed by atoms with van der Waals surface area (Å²) in [5.41, 5.74) is 4.77. The molecule has 6 nitrogen and oxygen atoms in total. The first-order valence-corrected chi connectivity index (χ1v) is 9.65. The van der Waals surface area contributed by atoms with Gasteiger partial charge in [0.15, 0.2) is 0 Å². The third kappa shape index (κ3) is 2.26. The smallest absolute Gasteiger partial charge is 0.243 e. The van der Waals surface area contributed by atoms with Gasteiger partial charge in [0.1, 0.15) is 17.8 Å². The number of aliphatic imine (C=N–C) groups is 1. The van der Waals surface area contributed by atoms with Gasteiger partial charge in [-0.25, -0.2) is 0 Å². The number of fused-ring (bicyclic) bond motifs is 5. The van der Waals surface area contributed by atoms with E-state index in [9.17, 15) is 4.79 Å². The molecule has 4 heterocycles. The third-order valence-corrected chi connectivity index (χ3v) is 5.96. The third-order valence-electron chi connectivity index (χ3n) is 5.96. The van der Waals surface area contributed by atoms with Crippen LogP contribution in [0.1, 0.15) is 16.8 Å². The van der Waals surface area contributed by atoms with E-state index in [1.165, 1.54) is 0 Å². The van der Waals surface area contributed by atoms with E-state index in [0.29, 0.717) is 19.7 Å². The molecule has 1 aromatic heterocycles. The lowest BCUT2D eigenvalue weighted by Crippen LogP contribution is -2.37. The largest absolute Gasteiger partial charge is 0.491 e. The summed E-state index contributed by atoms with van der Waals surface area (Å²) in [5.74, 6) is 0.695. The maximum atomic E-state index is 13.1. The Kier molecular flexibility index (Phi) is 3.32. The van der Waals surface area contributed by atoms with Crippen LogP contribution < -0.4 is 15.0 Å². The lowest BCUT2D eigenvalue weighted by Gasteiger charge is -2.29. The fourth-order valence-corrected chi connectivity index (χ4v) is 4.53. The highest BCUT2D eigenvalue weighted by atomic mass is 16.5. The minimum atomic E-state index is -0.807. The second kappa shape index (κ2) is 5.91. The van der Waals surface area contributed by atoms with Gasteiger partial charge in [-0.15, -0.1) is 0 Å². The SMILES string of the molecule is O=C1Nc2ccccc2C12COc1cc3c(cc12)N(Cc1ccccn1)CC=N3. The molecular formula is C23H18N4O2. The Labute approximate surface area is 167 Å². The van der Waals surface area contributed by atoms with E-state index < -0.39 is 5.41 Å². The van der Waals surface area contributed by atoms with E-state index in [1.807, 2.05) is 54.7 Å². The standard InChI is InChI=1S/C23H18N4O2/c28-22-23(16-6-1-2-7-18(16)26-22)14-29-21-12-19-20(11-17(21)23)27(10-9-25-19)13-15-5-3-4-8-24-15/h1-9,11-12H,10,13-14H2,(H,26,28). The van der Waals surface area contributed by atoms with E-state index >= 15 is 0 Å². The molecule has 1 amide bonds. The molecule has 29 heavy (non-hydrogen) atoms. The van der Waals surface area contributed by atoms with Crippen LogP contribution in [0.4, 0.5) is 17.1 Å². The molecule has 3 aromatic rings. The van der Waals surface area contributed by atoms with Crippen molar-refractivity contribution in [1.82, 2.24) is 4.98 Å². The number of hydrogen-bond acceptors (Lipinski definition) is 5. The molecule has 6 rings (SSSR count). The van der Waals surface area contributed by atoms with E-state index in [4.69, 9.17) is 4.74 Å². The van der Waals surface area contributed by atoms with Gasteiger partial charge < -0.3 is 15.0 Å². The molecule has 0 radical (unpaired) electrons. The highest BCUT2D eigenvalue weighted by Crippen LogP contribution is 2.53. The normalized spacial score (nSPS) is 20.8. The van der Waals surface area contributed by atoms with Gasteiger partial charge in [-0.2, -0.15) is 0 Å². The summed E-state index contributed by atoms with van der Waals surface area (Å²) in [6.07, 6.45) is 3.71. The average Bonchev–Trinajstić information content (AvgIpc) is 3.27. The van der Waals surface area contributed by atoms with Gasteiger partial charge in [0, 0.05) is 29.7 Å². The van der Waals surface area contributed by atoms with Crippen molar-refractivity contribution in [1.29, 1.82) is 0 Å². The van der Waals surface area contributed by atoms with Crippen molar-refractivity contribution < 1.29 is 9.53 Å². The highest BCUT2D eigenvalue weighted by Gasteiger charge is 2.54. The van der Waals surface area contributed by atoms with Crippen LogP contribution in [-0.2, 0) is 16.8 Å². The first-order chi connectivity index (χ1) is 14.3. The minimum Gasteiger partial charge on any atom is -0.491 e. The summed E-state index contributed by atoms with van der Waals surface area (Å²) in [7, 11) is 0. The summed E-state index contributed by atoms with van der Waals surface area (Å²) >= 11 is 0. The molecule has 142 valence electrons. The molecule has 0 fully saturated rings. The Bertz CT molecular complexity index is 1170. The molecule has 0 saturated heterocycles. The Morgan fingerprint density at radius 3 is 2.90 bits per heavy atom. The molecule has 1 spiro atoms. The van der Waals surface area contributed by atoms with Gasteiger partial charge in [0.2, 0.25) is 5.91 Å². The minimum absolute atomic E-state index is 0.0343. The molecule has 1 atom stereocenters. The average molecular weight is 382 g/mol. The second-order valence-electron chi connectivity index (χ2n) is 7.54. The van der Waals surface area contributed by atoms with Gasteiger partial charge in [-0.1, -0.05) is 24.3 Å². The Morgan fingerprint density at radius 2 is 2.00 bits per heavy atom. The predicted octanol–water partition coefficient (Wildman–Crippen LogP) is 3.43. The fraction of sp³-hybridized carbons (Fsp3) is 0.174. The zero-order chi connectivity index (χ0) is 19.4. The molecular weight excluding hydrogens is 364 g/mol. The number of para-hydroxylation sites is 1. The number of amides is 1. The van der Waals surface area contributed by atoms with Gasteiger partial charge in [-0.3, -0.25) is 14.8 Å². The van der Waals surface area contributed by atoms with Crippen molar-refractivity contribution in [2.24, 2.45) is 4.99 Å². The summed E-state index contributed by atoms with van der Waals surface area (Å²) < 4.78 is 6.02. The highest BCUT2D eigenvalue weighted by molar-refractivity contribution is 6.10. The van der Waals surface area contributed by atoms with Crippen molar-refractivity contribution in [2.45, 2.75) is 12.0 Å². The van der Waals surface area contributed by atoms with Crippen molar-refractivity contribution in [3.05, 3.63) is 77.6 Å². The number of aromatic nitrogens is 1. The van der Waals surface area contributed by atoms with E-state index in [-0.39, 0.29) is 5.91 Å². The van der Waals surface area contributed by atoms with Crippen LogP contribution in [-0.4, -0.2) is 30.3 Å². The summed E-state index contributed by atoms with van der Waals surface area (Å²) in [5, 5.41) is 3.03. The molecule has 0 aliphatic carbocycles. The quantitative estimate of drug-likeness (QED) is 0.737. The van der Waals surface area contributed by atoms with Crippen LogP contribution in [0.2, 0.25) is 0 Å². The number of rotatable bonds is 2. The number of nitrogens with one attached hydrogen (secondary N) is 1. The van der Waals surface area contributed by atoms with Gasteiger partial charge in [-0.05, 0) is 29.8 Å². The van der Waals surface area contributed by atoms with Crippen molar-refractivity contribution >= 4 is 29.2 Å². The Morgan fingerprint density at radius 1 is 1.10 bits per heavy atom. The van der Waals surface area contributed by atoms with Gasteiger partial charge >= 0.3 is 0 Å². The number of hydrogen-bond donors (Lipinski definition) is 1. The maximum absolute atomic E-state index is 13.1. The van der Waals surface area contributed by atoms with E-state index in [0.717, 1.165) is 39.6 Å². The summed E-state index contributed by atoms with van der Waals surface area (Å²) in [6, 6.07) is 17.8. The number of carbonyl (C=O) groups is 1. The second-order valence-corrected chi connectivity index (χ2v) is 7.54. The number of pyridine rings is 1. The lowest BCUT2D eigenvalue weighted by molar-refractivity contribution is -0.119. The van der Waals surface area contributed by atoms with E-state index in [2.05, 4.69) is 26.3 Å². The molecule has 0 bridgehead atoms. The molecule has 1 unspecified atom stereocenters. The van der Waals surface area contributed by atoms with Gasteiger partial charge in [0.25, 0.3) is 0 Å². The van der Waals surface area contributed by atoms with Crippen LogP contribution in [0.3, 0.4) is 0 Å². The number of ether oxygens (including phenoxy) is 1. The van der Waals surface area contributed by atoms with Crippen LogP contribution in [0.15, 0.2) is 65.8 Å². The molecule has 1 N–H and O–H groups in total. The zero-order valence-corrected chi connectivity index (χ0v) is 15.6. The van der Waals surface area contributed by atoms with Crippen molar-refractivity contribution in [3.63, 3.8) is 0 Å². The maximum Gasteiger partial charge on any atom is 0.243 e. The van der Waals surface area contributed by atoms with Crippen molar-refractivity contribution in [3.8, 4) is 5.75 Å². The Balaban J connectivity index is 1.49. The van der Waals surface area contributed by atoms with Crippen LogP contribution in [0, 0.1) is 0 Å². The molecule has 0 saturated carbocycles. The Hall–Kier alpha value is -3.67. The first-order valence-electron chi connectivity index (χ1n) is 9.65. The summed E-state index contributed by atoms with van der Waals surface area (Å²) in [6.45, 7) is 1.67. The topological polar surface area (TPSA) is 66.8 Å². The molecule has 6 heteroatoms. The van der Waals surface area contributed by atoms with Crippen LogP contribution >= 0.6 is 0 Å². The van der Waals surface area contributed by atoms with Crippen molar-refractivity contribution in [2.75, 3.05) is 23.4 Å². The monoisotopic (exact) mass is 382 g/mol. The number of carbonyl (C=O) groups excluding carboxylic acids is 1. The number of benzene rings is 2. The van der Waals surface area contributed by atoms with Crippen LogP contribution in [0.25, 0.3) is 0 Å². The molecule has 3 aliphatic rings. The fourth-order valence-electron chi connectivity index (χ4n) is 4.53. The predicted molar refractivity (Wildman–Crippen MR) is 111 cm³/mol. The van der Waals surface area contributed by atoms with Crippen LogP contribution in [0.5, 0.6) is 5.75 Å². The molecule has 2 aromatic carbocycles. The first kappa shape index (κ1) is 16.3. The number of nitrogens with zero attached hydrogens (tertiary/aromatic N) is 3. The summed E-state index contributed by atoms with van der Waals surface area (Å²) in [4.78, 5) is 24.4. The van der Waals surface area contributed by atoms with E-state index in [1.54, 1.807) is 6.20 Å². The van der Waals surface area contributed by atoms with Gasteiger partial charge in [0.05, 0.1) is 30.2 Å². The number of anilines is 2. The molecule has 3 aliphatic heterocycles.